The number of hydrogen-bond acceptors (Lipinski definition) is 4. The molecule has 0 saturated carbocycles. The van der Waals surface area contributed by atoms with Gasteiger partial charge in [0.2, 0.25) is 0 Å². The number of methoxy groups -OCH3 is 1. The van der Waals surface area contributed by atoms with Crippen molar-refractivity contribution in [2.75, 3.05) is 17.6 Å². The maximum Gasteiger partial charge on any atom is 0.263 e. The van der Waals surface area contributed by atoms with Gasteiger partial charge < -0.3 is 10.5 Å². The summed E-state index contributed by atoms with van der Waals surface area (Å²) < 4.78 is 32.8. The lowest BCUT2D eigenvalue weighted by molar-refractivity contribution is 0.414. The summed E-state index contributed by atoms with van der Waals surface area (Å²) in [6.45, 7) is 0. The molecule has 2 aromatic rings. The average Bonchev–Trinajstić information content (AvgIpc) is 2.42. The Hall–Kier alpha value is -1.44. The molecule has 0 unspecified atom stereocenters. The molecule has 0 radical (unpaired) electrons. The van der Waals surface area contributed by atoms with Gasteiger partial charge in [0.05, 0.1) is 18.5 Å². The van der Waals surface area contributed by atoms with Crippen LogP contribution in [0.2, 0.25) is 5.02 Å². The molecule has 0 aromatic heterocycles. The first-order valence-corrected chi connectivity index (χ1v) is 8.40. The SMILES string of the molecule is COc1ccc(S(=O)(=O)Nc2cc(Cl)ccc2Br)c(N)c1. The molecule has 0 heterocycles. The van der Waals surface area contributed by atoms with E-state index in [0.717, 1.165) is 0 Å². The highest BCUT2D eigenvalue weighted by atomic mass is 79.9. The van der Waals surface area contributed by atoms with E-state index in [1.807, 2.05) is 0 Å². The Morgan fingerprint density at radius 3 is 2.57 bits per heavy atom. The van der Waals surface area contributed by atoms with Gasteiger partial charge >= 0.3 is 0 Å². The summed E-state index contributed by atoms with van der Waals surface area (Å²) in [7, 11) is -2.35. The number of halogens is 2. The van der Waals surface area contributed by atoms with Crippen LogP contribution in [0.3, 0.4) is 0 Å². The second-order valence-corrected chi connectivity index (χ2v) is 7.08. The Balaban J connectivity index is 2.41. The summed E-state index contributed by atoms with van der Waals surface area (Å²) in [5.41, 5.74) is 6.20. The van der Waals surface area contributed by atoms with Crippen molar-refractivity contribution in [3.8, 4) is 5.75 Å². The van der Waals surface area contributed by atoms with Gasteiger partial charge in [0.15, 0.2) is 0 Å². The van der Waals surface area contributed by atoms with Gasteiger partial charge in [0, 0.05) is 15.6 Å². The second-order valence-electron chi connectivity index (χ2n) is 4.13. The van der Waals surface area contributed by atoms with Crippen LogP contribution in [0.1, 0.15) is 0 Å². The van der Waals surface area contributed by atoms with Crippen molar-refractivity contribution in [3.63, 3.8) is 0 Å². The highest BCUT2D eigenvalue weighted by Gasteiger charge is 2.19. The molecular weight excluding hydrogens is 380 g/mol. The first kappa shape index (κ1) is 15.9. The third-order valence-electron chi connectivity index (χ3n) is 2.68. The highest BCUT2D eigenvalue weighted by molar-refractivity contribution is 9.10. The molecule has 112 valence electrons. The molecule has 0 saturated heterocycles. The fraction of sp³-hybridized carbons (Fsp3) is 0.0769. The molecule has 0 bridgehead atoms. The molecule has 3 N–H and O–H groups in total. The van der Waals surface area contributed by atoms with Crippen molar-refractivity contribution in [2.24, 2.45) is 0 Å². The number of hydrogen-bond donors (Lipinski definition) is 2. The number of nitrogens with one attached hydrogen (secondary N) is 1. The maximum absolute atomic E-state index is 12.4. The molecule has 5 nitrogen and oxygen atoms in total. The van der Waals surface area contributed by atoms with E-state index >= 15 is 0 Å². The molecule has 8 heteroatoms. The van der Waals surface area contributed by atoms with Crippen LogP contribution in [0.4, 0.5) is 11.4 Å². The molecule has 0 fully saturated rings. The standard InChI is InChI=1S/C13H12BrClN2O3S/c1-20-9-3-5-13(11(16)7-9)21(18,19)17-12-6-8(15)2-4-10(12)14/h2-7,17H,16H2,1H3. The molecule has 0 aliphatic carbocycles. The molecule has 0 aliphatic rings. The zero-order chi connectivity index (χ0) is 15.6. The first-order valence-electron chi connectivity index (χ1n) is 5.75. The molecule has 2 aromatic carbocycles. The Kier molecular flexibility index (Phi) is 4.65. The fourth-order valence-corrected chi connectivity index (χ4v) is 3.51. The number of anilines is 2. The second kappa shape index (κ2) is 6.13. The highest BCUT2D eigenvalue weighted by Crippen LogP contribution is 2.30. The van der Waals surface area contributed by atoms with Crippen molar-refractivity contribution in [1.82, 2.24) is 0 Å². The van der Waals surface area contributed by atoms with E-state index in [9.17, 15) is 8.42 Å². The number of rotatable bonds is 4. The molecular formula is C13H12BrClN2O3S. The third-order valence-corrected chi connectivity index (χ3v) is 5.05. The summed E-state index contributed by atoms with van der Waals surface area (Å²) >= 11 is 9.13. The lowest BCUT2D eigenvalue weighted by Gasteiger charge is -2.12. The maximum atomic E-state index is 12.4. The van der Waals surface area contributed by atoms with Gasteiger partial charge in [-0.25, -0.2) is 8.42 Å². The summed E-state index contributed by atoms with van der Waals surface area (Å²) in [4.78, 5) is -0.0322. The first-order chi connectivity index (χ1) is 9.83. The monoisotopic (exact) mass is 390 g/mol. The molecule has 0 atom stereocenters. The number of sulfonamides is 1. The van der Waals surface area contributed by atoms with E-state index in [1.54, 1.807) is 12.1 Å². The van der Waals surface area contributed by atoms with E-state index in [4.69, 9.17) is 22.1 Å². The molecule has 0 spiro atoms. The lowest BCUT2D eigenvalue weighted by atomic mass is 10.3. The van der Waals surface area contributed by atoms with E-state index in [-0.39, 0.29) is 10.6 Å². The van der Waals surface area contributed by atoms with Crippen LogP contribution in [0, 0.1) is 0 Å². The van der Waals surface area contributed by atoms with Crippen molar-refractivity contribution in [2.45, 2.75) is 4.90 Å². The Morgan fingerprint density at radius 2 is 1.95 bits per heavy atom. The smallest absolute Gasteiger partial charge is 0.263 e. The van der Waals surface area contributed by atoms with Crippen LogP contribution in [-0.4, -0.2) is 15.5 Å². The zero-order valence-electron chi connectivity index (χ0n) is 10.9. The summed E-state index contributed by atoms with van der Waals surface area (Å²) in [5, 5.41) is 0.415. The van der Waals surface area contributed by atoms with Gasteiger partial charge in [0.1, 0.15) is 10.6 Å². The molecule has 0 amide bonds. The van der Waals surface area contributed by atoms with E-state index < -0.39 is 10.0 Å². The predicted molar refractivity (Wildman–Crippen MR) is 87.4 cm³/mol. The van der Waals surface area contributed by atoms with Crippen LogP contribution >= 0.6 is 27.5 Å². The summed E-state index contributed by atoms with van der Waals surface area (Å²) in [6.07, 6.45) is 0. The van der Waals surface area contributed by atoms with E-state index in [1.165, 1.54) is 31.4 Å². The minimum Gasteiger partial charge on any atom is -0.497 e. The van der Waals surface area contributed by atoms with E-state index in [0.29, 0.717) is 20.9 Å². The van der Waals surface area contributed by atoms with Gasteiger partial charge in [-0.3, -0.25) is 4.72 Å². The molecule has 2 rings (SSSR count). The number of benzene rings is 2. The fourth-order valence-electron chi connectivity index (χ4n) is 1.67. The van der Waals surface area contributed by atoms with Crippen molar-refractivity contribution in [3.05, 3.63) is 45.9 Å². The van der Waals surface area contributed by atoms with Crippen LogP contribution < -0.4 is 15.2 Å². The number of ether oxygens (including phenoxy) is 1. The summed E-state index contributed by atoms with van der Waals surface area (Å²) in [6, 6.07) is 9.15. The summed E-state index contributed by atoms with van der Waals surface area (Å²) in [5.74, 6) is 0.482. The van der Waals surface area contributed by atoms with Gasteiger partial charge in [-0.1, -0.05) is 11.6 Å². The van der Waals surface area contributed by atoms with Crippen molar-refractivity contribution < 1.29 is 13.2 Å². The topological polar surface area (TPSA) is 81.4 Å². The van der Waals surface area contributed by atoms with E-state index in [2.05, 4.69) is 20.7 Å². The Morgan fingerprint density at radius 1 is 1.24 bits per heavy atom. The van der Waals surface area contributed by atoms with Crippen LogP contribution in [0.5, 0.6) is 5.75 Å². The van der Waals surface area contributed by atoms with Gasteiger partial charge in [-0.2, -0.15) is 0 Å². The van der Waals surface area contributed by atoms with Crippen LogP contribution in [0.15, 0.2) is 45.8 Å². The lowest BCUT2D eigenvalue weighted by Crippen LogP contribution is -2.15. The zero-order valence-corrected chi connectivity index (χ0v) is 14.1. The Bertz CT molecular complexity index is 781. The van der Waals surface area contributed by atoms with Crippen LogP contribution in [0.25, 0.3) is 0 Å². The minimum atomic E-state index is -3.83. The minimum absolute atomic E-state index is 0.0322. The average molecular weight is 392 g/mol. The van der Waals surface area contributed by atoms with Crippen molar-refractivity contribution >= 4 is 48.9 Å². The quantitative estimate of drug-likeness (QED) is 0.782. The normalized spacial score (nSPS) is 11.2. The Labute approximate surface area is 136 Å². The third kappa shape index (κ3) is 3.61. The predicted octanol–water partition coefficient (Wildman–Crippen LogP) is 3.49. The number of nitrogens with two attached hydrogens (primary N) is 1. The van der Waals surface area contributed by atoms with Gasteiger partial charge in [0.25, 0.3) is 10.0 Å². The molecule has 0 aliphatic heterocycles. The molecule has 21 heavy (non-hydrogen) atoms. The van der Waals surface area contributed by atoms with Crippen molar-refractivity contribution in [1.29, 1.82) is 0 Å². The van der Waals surface area contributed by atoms with Gasteiger partial charge in [-0.05, 0) is 46.3 Å². The van der Waals surface area contributed by atoms with Crippen LogP contribution in [-0.2, 0) is 10.0 Å². The number of nitrogen functional groups attached to an aromatic ring is 1. The largest absolute Gasteiger partial charge is 0.497 e. The van der Waals surface area contributed by atoms with Gasteiger partial charge in [-0.15, -0.1) is 0 Å².